The Kier molecular flexibility index (Phi) is 4.67. The monoisotopic (exact) mass is 293 g/mol. The molecule has 0 radical (unpaired) electrons. The molecule has 0 aliphatic heterocycles. The SMILES string of the molecule is CCOc1ccc(C(=O)NC(C(=O)O)C2CC2)cc1OC. The molecule has 1 aromatic rings. The van der Waals surface area contributed by atoms with Gasteiger partial charge in [0, 0.05) is 5.56 Å². The Balaban J connectivity index is 2.13. The number of carboxylic acid groups (broad SMARTS) is 1. The van der Waals surface area contributed by atoms with E-state index in [1.165, 1.54) is 7.11 Å². The second-order valence-corrected chi connectivity index (χ2v) is 4.93. The minimum absolute atomic E-state index is 0.0380. The molecule has 2 N–H and O–H groups in total. The van der Waals surface area contributed by atoms with Gasteiger partial charge < -0.3 is 19.9 Å². The standard InChI is InChI=1S/C15H19NO5/c1-3-21-11-7-6-10(8-12(11)20-2)14(17)16-13(15(18)19)9-4-5-9/h6-9,13H,3-5H2,1-2H3,(H,16,17)(H,18,19). The van der Waals surface area contributed by atoms with Crippen LogP contribution in [-0.4, -0.2) is 36.7 Å². The number of aliphatic carboxylic acids is 1. The van der Waals surface area contributed by atoms with Gasteiger partial charge in [0.2, 0.25) is 0 Å². The van der Waals surface area contributed by atoms with Crippen LogP contribution in [0, 0.1) is 5.92 Å². The van der Waals surface area contributed by atoms with Gasteiger partial charge in [0.25, 0.3) is 5.91 Å². The van der Waals surface area contributed by atoms with E-state index in [1.54, 1.807) is 18.2 Å². The smallest absolute Gasteiger partial charge is 0.326 e. The van der Waals surface area contributed by atoms with Crippen LogP contribution in [0.15, 0.2) is 18.2 Å². The van der Waals surface area contributed by atoms with Gasteiger partial charge in [0.15, 0.2) is 11.5 Å². The number of methoxy groups -OCH3 is 1. The first kappa shape index (κ1) is 15.2. The number of benzene rings is 1. The van der Waals surface area contributed by atoms with Gasteiger partial charge in [0.1, 0.15) is 6.04 Å². The highest BCUT2D eigenvalue weighted by Crippen LogP contribution is 2.33. The molecule has 1 unspecified atom stereocenters. The largest absolute Gasteiger partial charge is 0.493 e. The lowest BCUT2D eigenvalue weighted by Crippen LogP contribution is -2.42. The van der Waals surface area contributed by atoms with Crippen LogP contribution in [0.25, 0.3) is 0 Å². The second-order valence-electron chi connectivity index (χ2n) is 4.93. The first-order valence-corrected chi connectivity index (χ1v) is 6.91. The minimum Gasteiger partial charge on any atom is -0.493 e. The Labute approximate surface area is 123 Å². The van der Waals surface area contributed by atoms with Gasteiger partial charge >= 0.3 is 5.97 Å². The lowest BCUT2D eigenvalue weighted by atomic mass is 10.1. The number of ether oxygens (including phenoxy) is 2. The summed E-state index contributed by atoms with van der Waals surface area (Å²) in [5.41, 5.74) is 0.349. The molecule has 1 saturated carbocycles. The van der Waals surface area contributed by atoms with E-state index < -0.39 is 17.9 Å². The van der Waals surface area contributed by atoms with E-state index in [4.69, 9.17) is 14.6 Å². The average molecular weight is 293 g/mol. The van der Waals surface area contributed by atoms with Crippen LogP contribution in [0.2, 0.25) is 0 Å². The molecular formula is C15H19NO5. The van der Waals surface area contributed by atoms with Gasteiger partial charge in [-0.2, -0.15) is 0 Å². The van der Waals surface area contributed by atoms with Gasteiger partial charge in [-0.1, -0.05) is 0 Å². The third kappa shape index (κ3) is 3.65. The van der Waals surface area contributed by atoms with Crippen molar-refractivity contribution in [1.29, 1.82) is 0 Å². The van der Waals surface area contributed by atoms with Gasteiger partial charge in [-0.05, 0) is 43.9 Å². The second kappa shape index (κ2) is 6.47. The zero-order chi connectivity index (χ0) is 15.4. The van der Waals surface area contributed by atoms with Crippen molar-refractivity contribution < 1.29 is 24.2 Å². The lowest BCUT2D eigenvalue weighted by molar-refractivity contribution is -0.139. The summed E-state index contributed by atoms with van der Waals surface area (Å²) in [6.07, 6.45) is 1.67. The maximum absolute atomic E-state index is 12.2. The Morgan fingerprint density at radius 1 is 1.38 bits per heavy atom. The topological polar surface area (TPSA) is 84.9 Å². The summed E-state index contributed by atoms with van der Waals surface area (Å²) >= 11 is 0. The quantitative estimate of drug-likeness (QED) is 0.799. The molecule has 0 spiro atoms. The molecule has 1 atom stereocenters. The highest BCUT2D eigenvalue weighted by molar-refractivity contribution is 5.97. The third-order valence-electron chi connectivity index (χ3n) is 3.37. The van der Waals surface area contributed by atoms with Gasteiger partial charge in [-0.25, -0.2) is 4.79 Å². The fraction of sp³-hybridized carbons (Fsp3) is 0.467. The first-order chi connectivity index (χ1) is 10.1. The number of carboxylic acids is 1. The van der Waals surface area contributed by atoms with Crippen LogP contribution in [0.4, 0.5) is 0 Å². The normalized spacial score (nSPS) is 15.1. The average Bonchev–Trinajstić information content (AvgIpc) is 3.29. The van der Waals surface area contributed by atoms with E-state index in [-0.39, 0.29) is 5.92 Å². The minimum atomic E-state index is -0.997. The molecule has 6 nitrogen and oxygen atoms in total. The summed E-state index contributed by atoms with van der Waals surface area (Å²) in [7, 11) is 1.49. The number of carbonyl (C=O) groups is 2. The molecule has 6 heteroatoms. The molecule has 21 heavy (non-hydrogen) atoms. The Morgan fingerprint density at radius 3 is 2.62 bits per heavy atom. The van der Waals surface area contributed by atoms with Crippen LogP contribution in [0.5, 0.6) is 11.5 Å². The maximum Gasteiger partial charge on any atom is 0.326 e. The summed E-state index contributed by atoms with van der Waals surface area (Å²) in [6, 6.07) is 3.96. The zero-order valence-corrected chi connectivity index (χ0v) is 12.1. The van der Waals surface area contributed by atoms with Crippen molar-refractivity contribution in [2.75, 3.05) is 13.7 Å². The summed E-state index contributed by atoms with van der Waals surface area (Å²) in [5.74, 6) is -0.383. The van der Waals surface area contributed by atoms with E-state index in [2.05, 4.69) is 5.32 Å². The molecule has 2 rings (SSSR count). The van der Waals surface area contributed by atoms with Crippen molar-refractivity contribution in [2.24, 2.45) is 5.92 Å². The number of amides is 1. The molecule has 1 aliphatic carbocycles. The van der Waals surface area contributed by atoms with Crippen molar-refractivity contribution in [3.63, 3.8) is 0 Å². The molecule has 0 bridgehead atoms. The van der Waals surface area contributed by atoms with Gasteiger partial charge in [0.05, 0.1) is 13.7 Å². The molecule has 1 aliphatic rings. The van der Waals surface area contributed by atoms with Gasteiger partial charge in [-0.3, -0.25) is 4.79 Å². The molecule has 1 fully saturated rings. The molecule has 1 aromatic carbocycles. The highest BCUT2D eigenvalue weighted by atomic mass is 16.5. The summed E-state index contributed by atoms with van der Waals surface area (Å²) in [4.78, 5) is 23.3. The highest BCUT2D eigenvalue weighted by Gasteiger charge is 2.37. The van der Waals surface area contributed by atoms with E-state index in [0.29, 0.717) is 23.7 Å². The summed E-state index contributed by atoms with van der Waals surface area (Å²) < 4.78 is 10.6. The lowest BCUT2D eigenvalue weighted by Gasteiger charge is -2.15. The number of hydrogen-bond donors (Lipinski definition) is 2. The molecule has 0 saturated heterocycles. The van der Waals surface area contributed by atoms with Crippen molar-refractivity contribution in [3.8, 4) is 11.5 Å². The van der Waals surface area contributed by atoms with E-state index in [9.17, 15) is 9.59 Å². The Bertz CT molecular complexity index is 539. The molecule has 0 heterocycles. The van der Waals surface area contributed by atoms with Crippen molar-refractivity contribution in [1.82, 2.24) is 5.32 Å². The van der Waals surface area contributed by atoms with Crippen molar-refractivity contribution in [2.45, 2.75) is 25.8 Å². The molecule has 114 valence electrons. The fourth-order valence-electron chi connectivity index (χ4n) is 2.12. The van der Waals surface area contributed by atoms with E-state index in [0.717, 1.165) is 12.8 Å². The molecule has 1 amide bonds. The van der Waals surface area contributed by atoms with Crippen LogP contribution in [0.3, 0.4) is 0 Å². The van der Waals surface area contributed by atoms with E-state index >= 15 is 0 Å². The number of carbonyl (C=O) groups excluding carboxylic acids is 1. The summed E-state index contributed by atoms with van der Waals surface area (Å²) in [5, 5.41) is 11.7. The van der Waals surface area contributed by atoms with E-state index in [1.807, 2.05) is 6.92 Å². The predicted octanol–water partition coefficient (Wildman–Crippen LogP) is 1.69. The Morgan fingerprint density at radius 2 is 2.10 bits per heavy atom. The van der Waals surface area contributed by atoms with Crippen LogP contribution in [-0.2, 0) is 4.79 Å². The number of rotatable bonds is 7. The molecular weight excluding hydrogens is 274 g/mol. The van der Waals surface area contributed by atoms with Crippen LogP contribution in [0.1, 0.15) is 30.1 Å². The maximum atomic E-state index is 12.2. The number of nitrogens with one attached hydrogen (secondary N) is 1. The van der Waals surface area contributed by atoms with Crippen molar-refractivity contribution in [3.05, 3.63) is 23.8 Å². The third-order valence-corrected chi connectivity index (χ3v) is 3.37. The fourth-order valence-corrected chi connectivity index (χ4v) is 2.12. The predicted molar refractivity (Wildman–Crippen MR) is 75.8 cm³/mol. The van der Waals surface area contributed by atoms with Crippen LogP contribution < -0.4 is 14.8 Å². The summed E-state index contributed by atoms with van der Waals surface area (Å²) in [6.45, 7) is 2.35. The number of hydrogen-bond acceptors (Lipinski definition) is 4. The first-order valence-electron chi connectivity index (χ1n) is 6.91. The Hall–Kier alpha value is -2.24. The van der Waals surface area contributed by atoms with Gasteiger partial charge in [-0.15, -0.1) is 0 Å². The zero-order valence-electron chi connectivity index (χ0n) is 12.1. The van der Waals surface area contributed by atoms with Crippen molar-refractivity contribution >= 4 is 11.9 Å². The van der Waals surface area contributed by atoms with Crippen LogP contribution >= 0.6 is 0 Å². The molecule has 0 aromatic heterocycles.